The molecule has 120 valence electrons. The molecule has 2 rings (SSSR count). The molecule has 1 aliphatic carbocycles. The molecule has 0 saturated carbocycles. The number of benzene rings is 1. The highest BCUT2D eigenvalue weighted by atomic mass is 16.2. The van der Waals surface area contributed by atoms with Crippen LogP contribution in [-0.4, -0.2) is 30.2 Å². The molecule has 1 aromatic carbocycles. The second-order valence-corrected chi connectivity index (χ2v) is 6.67. The third-order valence-electron chi connectivity index (χ3n) is 4.80. The van der Waals surface area contributed by atoms with E-state index < -0.39 is 0 Å². The smallest absolute Gasteiger partial charge is 0.253 e. The lowest BCUT2D eigenvalue weighted by Crippen LogP contribution is -2.42. The van der Waals surface area contributed by atoms with Crippen LogP contribution in [0.4, 0.5) is 0 Å². The number of carbonyl (C=O) groups excluding carboxylic acids is 2. The van der Waals surface area contributed by atoms with E-state index in [1.54, 1.807) is 24.1 Å². The fraction of sp³-hybridized carbons (Fsp3) is 0.421. The monoisotopic (exact) mass is 310 g/mol. The predicted molar refractivity (Wildman–Crippen MR) is 88.6 cm³/mol. The summed E-state index contributed by atoms with van der Waals surface area (Å²) < 4.78 is 0. The quantitative estimate of drug-likeness (QED) is 0.861. The number of amides is 1. The van der Waals surface area contributed by atoms with Gasteiger partial charge in [0.05, 0.1) is 5.57 Å². The average molecular weight is 310 g/mol. The summed E-state index contributed by atoms with van der Waals surface area (Å²) in [5.74, 6) is -0.333. The zero-order chi connectivity index (χ0) is 17.2. The number of hydrogen-bond acceptors (Lipinski definition) is 3. The van der Waals surface area contributed by atoms with Crippen molar-refractivity contribution in [1.82, 2.24) is 4.90 Å². The van der Waals surface area contributed by atoms with Crippen LogP contribution in [0.2, 0.25) is 0 Å². The Kier molecular flexibility index (Phi) is 4.70. The van der Waals surface area contributed by atoms with Gasteiger partial charge in [0, 0.05) is 30.5 Å². The molecule has 0 aliphatic heterocycles. The summed E-state index contributed by atoms with van der Waals surface area (Å²) in [7, 11) is 1.76. The van der Waals surface area contributed by atoms with Gasteiger partial charge in [-0.1, -0.05) is 32.0 Å². The van der Waals surface area contributed by atoms with Gasteiger partial charge in [-0.3, -0.25) is 9.59 Å². The SMILES string of the molecule is CC1=C(C#N)C(=O)C(C)CC1(C)CN(C)C(=O)c1ccccc1. The van der Waals surface area contributed by atoms with Crippen LogP contribution in [0.3, 0.4) is 0 Å². The molecule has 2 atom stereocenters. The molecule has 0 saturated heterocycles. The van der Waals surface area contributed by atoms with Gasteiger partial charge in [-0.15, -0.1) is 0 Å². The Morgan fingerprint density at radius 3 is 2.57 bits per heavy atom. The molecule has 1 aliphatic rings. The molecule has 0 aromatic heterocycles. The largest absolute Gasteiger partial charge is 0.341 e. The van der Waals surface area contributed by atoms with Crippen molar-refractivity contribution in [3.8, 4) is 6.07 Å². The first kappa shape index (κ1) is 17.0. The number of hydrogen-bond donors (Lipinski definition) is 0. The molecule has 0 heterocycles. The summed E-state index contributed by atoms with van der Waals surface area (Å²) in [6.45, 7) is 6.19. The highest BCUT2D eigenvalue weighted by Crippen LogP contribution is 2.41. The first-order chi connectivity index (χ1) is 10.8. The average Bonchev–Trinajstić information content (AvgIpc) is 2.54. The van der Waals surface area contributed by atoms with Gasteiger partial charge < -0.3 is 4.90 Å². The summed E-state index contributed by atoms with van der Waals surface area (Å²) in [4.78, 5) is 26.4. The van der Waals surface area contributed by atoms with Crippen molar-refractivity contribution in [1.29, 1.82) is 5.26 Å². The Bertz CT molecular complexity index is 700. The minimum absolute atomic E-state index is 0.0531. The number of carbonyl (C=O) groups is 2. The van der Waals surface area contributed by atoms with Gasteiger partial charge in [0.1, 0.15) is 6.07 Å². The summed E-state index contributed by atoms with van der Waals surface area (Å²) >= 11 is 0. The van der Waals surface area contributed by atoms with Crippen molar-refractivity contribution in [2.45, 2.75) is 27.2 Å². The van der Waals surface area contributed by atoms with E-state index in [1.807, 2.05) is 45.0 Å². The van der Waals surface area contributed by atoms with Crippen LogP contribution in [0, 0.1) is 22.7 Å². The zero-order valence-corrected chi connectivity index (χ0v) is 14.1. The lowest BCUT2D eigenvalue weighted by atomic mass is 9.67. The zero-order valence-electron chi connectivity index (χ0n) is 14.1. The van der Waals surface area contributed by atoms with E-state index in [1.165, 1.54) is 0 Å². The van der Waals surface area contributed by atoms with E-state index in [9.17, 15) is 14.9 Å². The fourth-order valence-corrected chi connectivity index (χ4v) is 3.37. The number of nitrogens with zero attached hydrogens (tertiary/aromatic N) is 2. The second kappa shape index (κ2) is 6.37. The molecule has 2 unspecified atom stereocenters. The van der Waals surface area contributed by atoms with Crippen LogP contribution < -0.4 is 0 Å². The third kappa shape index (κ3) is 3.19. The third-order valence-corrected chi connectivity index (χ3v) is 4.80. The molecule has 4 heteroatoms. The molecule has 1 aromatic rings. The van der Waals surface area contributed by atoms with Crippen LogP contribution in [0.15, 0.2) is 41.5 Å². The lowest BCUT2D eigenvalue weighted by molar-refractivity contribution is -0.120. The Morgan fingerprint density at radius 2 is 2.00 bits per heavy atom. The predicted octanol–water partition coefficient (Wildman–Crippen LogP) is 3.21. The number of Topliss-reactive ketones (excluding diaryl/α,β-unsaturated/α-hetero) is 1. The highest BCUT2D eigenvalue weighted by Gasteiger charge is 2.40. The maximum atomic E-state index is 12.5. The van der Waals surface area contributed by atoms with Crippen LogP contribution >= 0.6 is 0 Å². The van der Waals surface area contributed by atoms with Gasteiger partial charge in [0.25, 0.3) is 5.91 Å². The Labute approximate surface area is 137 Å². The van der Waals surface area contributed by atoms with Crippen LogP contribution in [-0.2, 0) is 4.79 Å². The van der Waals surface area contributed by atoms with Crippen molar-refractivity contribution in [2.24, 2.45) is 11.3 Å². The van der Waals surface area contributed by atoms with E-state index in [2.05, 4.69) is 0 Å². The number of rotatable bonds is 3. The van der Waals surface area contributed by atoms with Gasteiger partial charge in [-0.25, -0.2) is 0 Å². The Hall–Kier alpha value is -2.41. The normalized spacial score (nSPS) is 24.3. The van der Waals surface area contributed by atoms with Gasteiger partial charge in [-0.05, 0) is 31.1 Å². The van der Waals surface area contributed by atoms with Gasteiger partial charge in [-0.2, -0.15) is 5.26 Å². The maximum absolute atomic E-state index is 12.5. The van der Waals surface area contributed by atoms with Crippen LogP contribution in [0.5, 0.6) is 0 Å². The van der Waals surface area contributed by atoms with Crippen LogP contribution in [0.1, 0.15) is 37.6 Å². The standard InChI is InChI=1S/C19H22N2O2/c1-13-10-19(3,14(2)16(11-20)17(13)22)12-21(4)18(23)15-8-6-5-7-9-15/h5-9,13H,10,12H2,1-4H3. The van der Waals surface area contributed by atoms with Gasteiger partial charge >= 0.3 is 0 Å². The summed E-state index contributed by atoms with van der Waals surface area (Å²) in [5, 5.41) is 9.29. The summed E-state index contributed by atoms with van der Waals surface area (Å²) in [5.41, 5.74) is 1.32. The number of ketones is 1. The first-order valence-corrected chi connectivity index (χ1v) is 7.76. The fourth-order valence-electron chi connectivity index (χ4n) is 3.37. The molecule has 1 amide bonds. The van der Waals surface area contributed by atoms with Crippen molar-refractivity contribution in [3.05, 3.63) is 47.0 Å². The van der Waals surface area contributed by atoms with Crippen molar-refractivity contribution < 1.29 is 9.59 Å². The van der Waals surface area contributed by atoms with E-state index >= 15 is 0 Å². The topological polar surface area (TPSA) is 61.2 Å². The molecule has 4 nitrogen and oxygen atoms in total. The Balaban J connectivity index is 2.28. The van der Waals surface area contributed by atoms with Gasteiger partial charge in [0.15, 0.2) is 5.78 Å². The first-order valence-electron chi connectivity index (χ1n) is 7.76. The highest BCUT2D eigenvalue weighted by molar-refractivity contribution is 6.02. The lowest BCUT2D eigenvalue weighted by Gasteiger charge is -2.40. The number of nitriles is 1. The van der Waals surface area contributed by atoms with Crippen molar-refractivity contribution in [3.63, 3.8) is 0 Å². The molecular formula is C19H22N2O2. The summed E-state index contributed by atoms with van der Waals surface area (Å²) in [6, 6.07) is 11.2. The van der Waals surface area contributed by atoms with E-state index in [0.717, 1.165) is 5.57 Å². The molecular weight excluding hydrogens is 288 g/mol. The molecule has 0 bridgehead atoms. The van der Waals surface area contributed by atoms with Gasteiger partial charge in [0.2, 0.25) is 0 Å². The van der Waals surface area contributed by atoms with E-state index in [4.69, 9.17) is 0 Å². The van der Waals surface area contributed by atoms with Crippen molar-refractivity contribution in [2.75, 3.05) is 13.6 Å². The van der Waals surface area contributed by atoms with E-state index in [0.29, 0.717) is 18.5 Å². The molecule has 0 radical (unpaired) electrons. The van der Waals surface area contributed by atoms with Crippen molar-refractivity contribution >= 4 is 11.7 Å². The molecule has 0 fully saturated rings. The molecule has 0 spiro atoms. The molecule has 0 N–H and O–H groups in total. The maximum Gasteiger partial charge on any atom is 0.253 e. The minimum atomic E-state index is -0.364. The summed E-state index contributed by atoms with van der Waals surface area (Å²) in [6.07, 6.45) is 0.648. The van der Waals surface area contributed by atoms with Crippen LogP contribution in [0.25, 0.3) is 0 Å². The Morgan fingerprint density at radius 1 is 1.39 bits per heavy atom. The number of allylic oxidation sites excluding steroid dienone is 1. The van der Waals surface area contributed by atoms with E-state index in [-0.39, 0.29) is 28.6 Å². The minimum Gasteiger partial charge on any atom is -0.341 e. The molecule has 23 heavy (non-hydrogen) atoms. The second-order valence-electron chi connectivity index (χ2n) is 6.67.